The number of nitrogens with one attached hydrogen (secondary N) is 2. The van der Waals surface area contributed by atoms with Crippen molar-refractivity contribution in [1.82, 2.24) is 14.9 Å². The van der Waals surface area contributed by atoms with E-state index >= 15 is 0 Å². The number of sulfonamides is 1. The van der Waals surface area contributed by atoms with Crippen LogP contribution >= 0.6 is 24.0 Å². The first kappa shape index (κ1) is 23.9. The molecule has 7 nitrogen and oxygen atoms in total. The summed E-state index contributed by atoms with van der Waals surface area (Å²) in [5.41, 5.74) is -0.653. The van der Waals surface area contributed by atoms with Gasteiger partial charge in [-0.05, 0) is 39.0 Å². The minimum Gasteiger partial charge on any atom is -0.388 e. The number of hydrogen-bond acceptors (Lipinski definition) is 4. The number of guanidine groups is 1. The fourth-order valence-electron chi connectivity index (χ4n) is 3.60. The maximum atomic E-state index is 12.1. The van der Waals surface area contributed by atoms with E-state index in [1.165, 1.54) is 0 Å². The summed E-state index contributed by atoms with van der Waals surface area (Å²) in [4.78, 5) is 4.57. The third-order valence-corrected chi connectivity index (χ3v) is 7.14. The zero-order chi connectivity index (χ0) is 18.3. The van der Waals surface area contributed by atoms with Gasteiger partial charge in [-0.2, -0.15) is 0 Å². The summed E-state index contributed by atoms with van der Waals surface area (Å²) in [6, 6.07) is 0.212. The van der Waals surface area contributed by atoms with Crippen LogP contribution in [0.25, 0.3) is 0 Å². The average Bonchev–Trinajstić information content (AvgIpc) is 3.00. The molecule has 1 saturated carbocycles. The standard InChI is InChI=1S/C17H34N4O3S.HI/c1-3-13-25(23,24)21-11-7-15(8-12-21)20-16(18-4-2)19-14-17(22)9-5-6-10-17;/h15,22H,3-14H2,1-2H3,(H2,18,19,20);1H. The van der Waals surface area contributed by atoms with Crippen molar-refractivity contribution in [3.63, 3.8) is 0 Å². The monoisotopic (exact) mass is 502 g/mol. The summed E-state index contributed by atoms with van der Waals surface area (Å²) in [7, 11) is -3.10. The molecule has 0 atom stereocenters. The lowest BCUT2D eigenvalue weighted by molar-refractivity contribution is 0.0574. The molecule has 1 aliphatic carbocycles. The molecule has 2 rings (SSSR count). The highest BCUT2D eigenvalue weighted by molar-refractivity contribution is 14.0. The largest absolute Gasteiger partial charge is 0.388 e. The molecule has 9 heteroatoms. The van der Waals surface area contributed by atoms with Gasteiger partial charge in [-0.3, -0.25) is 4.99 Å². The summed E-state index contributed by atoms with van der Waals surface area (Å²) in [5.74, 6) is 0.950. The van der Waals surface area contributed by atoms with E-state index in [-0.39, 0.29) is 35.8 Å². The second-order valence-corrected chi connectivity index (χ2v) is 9.35. The smallest absolute Gasteiger partial charge is 0.214 e. The predicted molar refractivity (Wildman–Crippen MR) is 117 cm³/mol. The van der Waals surface area contributed by atoms with Crippen LogP contribution in [-0.2, 0) is 10.0 Å². The van der Waals surface area contributed by atoms with Crippen LogP contribution in [0, 0.1) is 0 Å². The molecule has 0 radical (unpaired) electrons. The van der Waals surface area contributed by atoms with E-state index in [9.17, 15) is 13.5 Å². The zero-order valence-corrected chi connectivity index (χ0v) is 19.2. The van der Waals surface area contributed by atoms with E-state index < -0.39 is 15.6 Å². The van der Waals surface area contributed by atoms with Crippen LogP contribution in [0.4, 0.5) is 0 Å². The summed E-state index contributed by atoms with van der Waals surface area (Å²) in [6.07, 6.45) is 5.99. The first-order chi connectivity index (χ1) is 11.9. The lowest BCUT2D eigenvalue weighted by atomic mass is 10.0. The maximum Gasteiger partial charge on any atom is 0.214 e. The first-order valence-electron chi connectivity index (χ1n) is 9.63. The molecule has 154 valence electrons. The van der Waals surface area contributed by atoms with Gasteiger partial charge in [0.2, 0.25) is 10.0 Å². The predicted octanol–water partition coefficient (Wildman–Crippen LogP) is 1.67. The number of aliphatic hydroxyl groups is 1. The normalized spacial score (nSPS) is 22.0. The number of piperidine rings is 1. The van der Waals surface area contributed by atoms with Crippen molar-refractivity contribution in [2.75, 3.05) is 31.9 Å². The van der Waals surface area contributed by atoms with Gasteiger partial charge in [0, 0.05) is 25.7 Å². The molecular formula is C17H35IN4O3S. The van der Waals surface area contributed by atoms with E-state index in [1.54, 1.807) is 4.31 Å². The van der Waals surface area contributed by atoms with Crippen LogP contribution in [0.5, 0.6) is 0 Å². The third kappa shape index (κ3) is 7.12. The van der Waals surface area contributed by atoms with Crippen LogP contribution in [0.1, 0.15) is 58.8 Å². The van der Waals surface area contributed by atoms with E-state index in [4.69, 9.17) is 0 Å². The average molecular weight is 502 g/mol. The molecule has 3 N–H and O–H groups in total. The Morgan fingerprint density at radius 3 is 2.38 bits per heavy atom. The molecule has 0 aromatic carbocycles. The van der Waals surface area contributed by atoms with E-state index in [2.05, 4.69) is 15.6 Å². The number of rotatable bonds is 7. The molecule has 2 aliphatic rings. The number of aliphatic imine (C=N–C) groups is 1. The van der Waals surface area contributed by atoms with Gasteiger partial charge < -0.3 is 15.7 Å². The number of nitrogens with zero attached hydrogens (tertiary/aromatic N) is 2. The molecule has 0 bridgehead atoms. The molecule has 0 amide bonds. The van der Waals surface area contributed by atoms with E-state index in [0.717, 1.165) is 51.0 Å². The van der Waals surface area contributed by atoms with Crippen LogP contribution < -0.4 is 10.6 Å². The van der Waals surface area contributed by atoms with E-state index in [1.807, 2.05) is 13.8 Å². The van der Waals surface area contributed by atoms with Crippen molar-refractivity contribution in [3.05, 3.63) is 0 Å². The summed E-state index contributed by atoms with van der Waals surface area (Å²) >= 11 is 0. The van der Waals surface area contributed by atoms with Gasteiger partial charge in [-0.15, -0.1) is 24.0 Å². The molecule has 1 saturated heterocycles. The van der Waals surface area contributed by atoms with Gasteiger partial charge in [-0.25, -0.2) is 12.7 Å². The molecule has 2 fully saturated rings. The highest BCUT2D eigenvalue weighted by Crippen LogP contribution is 2.29. The van der Waals surface area contributed by atoms with Crippen molar-refractivity contribution >= 4 is 40.0 Å². The quantitative estimate of drug-likeness (QED) is 0.280. The lowest BCUT2D eigenvalue weighted by Gasteiger charge is -2.32. The minimum absolute atomic E-state index is 0. The third-order valence-electron chi connectivity index (χ3n) is 5.06. The molecule has 26 heavy (non-hydrogen) atoms. The Kier molecular flexibility index (Phi) is 10.1. The summed E-state index contributed by atoms with van der Waals surface area (Å²) < 4.78 is 25.9. The Morgan fingerprint density at radius 2 is 1.85 bits per heavy atom. The Labute approximate surface area is 175 Å². The van der Waals surface area contributed by atoms with Gasteiger partial charge in [0.15, 0.2) is 5.96 Å². The second kappa shape index (κ2) is 11.0. The highest BCUT2D eigenvalue weighted by atomic mass is 127. The van der Waals surface area contributed by atoms with E-state index in [0.29, 0.717) is 26.1 Å². The Hall–Kier alpha value is -0.130. The Morgan fingerprint density at radius 1 is 1.23 bits per heavy atom. The topological polar surface area (TPSA) is 94.0 Å². The highest BCUT2D eigenvalue weighted by Gasteiger charge is 2.31. The van der Waals surface area contributed by atoms with Crippen LogP contribution in [0.3, 0.4) is 0 Å². The molecule has 0 spiro atoms. The Bertz CT molecular complexity index is 542. The van der Waals surface area contributed by atoms with Crippen molar-refractivity contribution in [3.8, 4) is 0 Å². The van der Waals surface area contributed by atoms with Gasteiger partial charge in [-0.1, -0.05) is 19.8 Å². The lowest BCUT2D eigenvalue weighted by Crippen LogP contribution is -2.50. The molecule has 0 unspecified atom stereocenters. The molecule has 1 aliphatic heterocycles. The van der Waals surface area contributed by atoms with Gasteiger partial charge in [0.05, 0.1) is 17.9 Å². The van der Waals surface area contributed by atoms with Crippen LogP contribution in [-0.4, -0.2) is 67.4 Å². The van der Waals surface area contributed by atoms with Crippen LogP contribution in [0.15, 0.2) is 4.99 Å². The first-order valence-corrected chi connectivity index (χ1v) is 11.2. The molecule has 0 aromatic heterocycles. The fourth-order valence-corrected chi connectivity index (χ4v) is 5.14. The number of halogens is 1. The van der Waals surface area contributed by atoms with Crippen molar-refractivity contribution in [1.29, 1.82) is 0 Å². The van der Waals surface area contributed by atoms with Crippen molar-refractivity contribution < 1.29 is 13.5 Å². The van der Waals surface area contributed by atoms with Crippen molar-refractivity contribution in [2.45, 2.75) is 70.4 Å². The van der Waals surface area contributed by atoms with Gasteiger partial charge in [0.25, 0.3) is 0 Å². The van der Waals surface area contributed by atoms with Crippen LogP contribution in [0.2, 0.25) is 0 Å². The summed E-state index contributed by atoms with van der Waals surface area (Å²) in [6.45, 7) is 6.21. The van der Waals surface area contributed by atoms with Gasteiger partial charge >= 0.3 is 0 Å². The molecular weight excluding hydrogens is 467 g/mol. The second-order valence-electron chi connectivity index (χ2n) is 7.26. The minimum atomic E-state index is -3.10. The maximum absolute atomic E-state index is 12.1. The zero-order valence-electron chi connectivity index (χ0n) is 16.0. The Balaban J connectivity index is 0.00000338. The fraction of sp³-hybridized carbons (Fsp3) is 0.941. The SMILES string of the molecule is CCCS(=O)(=O)N1CCC(NC(=NCC2(O)CCCC2)NCC)CC1.I. The summed E-state index contributed by atoms with van der Waals surface area (Å²) in [5, 5.41) is 17.1. The van der Waals surface area contributed by atoms with Gasteiger partial charge in [0.1, 0.15) is 0 Å². The van der Waals surface area contributed by atoms with Crippen molar-refractivity contribution in [2.24, 2.45) is 4.99 Å². The molecule has 0 aromatic rings. The molecule has 1 heterocycles. The number of hydrogen-bond donors (Lipinski definition) is 3.